The van der Waals surface area contributed by atoms with Crippen LogP contribution in [0.2, 0.25) is 0 Å². The highest BCUT2D eigenvalue weighted by Gasteiger charge is 2.21. The van der Waals surface area contributed by atoms with E-state index in [1.54, 1.807) is 13.2 Å². The Labute approximate surface area is 154 Å². The number of rotatable bonds is 6. The SMILES string of the molecule is COc1ccc(-c2cc(C(=O)NC[C@H](C)N3CCC(C)CC3)[nH]n2)cc1. The number of likely N-dealkylation sites (tertiary alicyclic amines) is 1. The maximum atomic E-state index is 12.4. The van der Waals surface area contributed by atoms with Gasteiger partial charge in [-0.15, -0.1) is 0 Å². The number of hydrogen-bond acceptors (Lipinski definition) is 4. The number of aromatic amines is 1. The Kier molecular flexibility index (Phi) is 5.93. The minimum absolute atomic E-state index is 0.116. The molecule has 1 aliphatic heterocycles. The van der Waals surface area contributed by atoms with Gasteiger partial charge in [-0.1, -0.05) is 6.92 Å². The first-order valence-electron chi connectivity index (χ1n) is 9.29. The van der Waals surface area contributed by atoms with Crippen molar-refractivity contribution in [2.24, 2.45) is 5.92 Å². The van der Waals surface area contributed by atoms with E-state index >= 15 is 0 Å². The second kappa shape index (κ2) is 8.36. The van der Waals surface area contributed by atoms with Crippen LogP contribution in [-0.2, 0) is 0 Å². The lowest BCUT2D eigenvalue weighted by molar-refractivity contribution is 0.0917. The van der Waals surface area contributed by atoms with Gasteiger partial charge < -0.3 is 10.1 Å². The molecular weight excluding hydrogens is 328 g/mol. The minimum atomic E-state index is -0.116. The summed E-state index contributed by atoms with van der Waals surface area (Å²) < 4.78 is 5.16. The zero-order valence-electron chi connectivity index (χ0n) is 15.8. The molecule has 2 N–H and O–H groups in total. The fraction of sp³-hybridized carbons (Fsp3) is 0.500. The van der Waals surface area contributed by atoms with Crippen LogP contribution in [0.25, 0.3) is 11.3 Å². The summed E-state index contributed by atoms with van der Waals surface area (Å²) in [5.74, 6) is 1.49. The first-order chi connectivity index (χ1) is 12.6. The van der Waals surface area contributed by atoms with Crippen molar-refractivity contribution in [1.29, 1.82) is 0 Å². The second-order valence-corrected chi connectivity index (χ2v) is 7.17. The predicted molar refractivity (Wildman–Crippen MR) is 102 cm³/mol. The van der Waals surface area contributed by atoms with Crippen molar-refractivity contribution in [3.8, 4) is 17.0 Å². The first kappa shape index (κ1) is 18.5. The summed E-state index contributed by atoms with van der Waals surface area (Å²) in [6.07, 6.45) is 2.48. The molecule has 0 spiro atoms. The van der Waals surface area contributed by atoms with Crippen LogP contribution < -0.4 is 10.1 Å². The van der Waals surface area contributed by atoms with Crippen LogP contribution in [0, 0.1) is 5.92 Å². The van der Waals surface area contributed by atoms with Crippen molar-refractivity contribution >= 4 is 5.91 Å². The molecule has 1 amide bonds. The minimum Gasteiger partial charge on any atom is -0.497 e. The van der Waals surface area contributed by atoms with Gasteiger partial charge in [0.2, 0.25) is 0 Å². The largest absolute Gasteiger partial charge is 0.497 e. The predicted octanol–water partition coefficient (Wildman–Crippen LogP) is 2.94. The van der Waals surface area contributed by atoms with E-state index in [-0.39, 0.29) is 5.91 Å². The Bertz CT molecular complexity index is 718. The number of H-pyrrole nitrogens is 1. The lowest BCUT2D eigenvalue weighted by Crippen LogP contribution is -2.45. The van der Waals surface area contributed by atoms with Crippen molar-refractivity contribution in [3.05, 3.63) is 36.0 Å². The van der Waals surface area contributed by atoms with Gasteiger partial charge in [0, 0.05) is 18.2 Å². The lowest BCUT2D eigenvalue weighted by atomic mass is 9.98. The van der Waals surface area contributed by atoms with Gasteiger partial charge in [0.25, 0.3) is 5.91 Å². The third kappa shape index (κ3) is 4.43. The Morgan fingerprint density at radius 1 is 1.35 bits per heavy atom. The number of hydrogen-bond donors (Lipinski definition) is 2. The molecule has 1 aromatic heterocycles. The number of methoxy groups -OCH3 is 1. The van der Waals surface area contributed by atoms with E-state index in [4.69, 9.17) is 4.74 Å². The van der Waals surface area contributed by atoms with Gasteiger partial charge >= 0.3 is 0 Å². The van der Waals surface area contributed by atoms with Crippen molar-refractivity contribution in [2.45, 2.75) is 32.7 Å². The summed E-state index contributed by atoms with van der Waals surface area (Å²) >= 11 is 0. The van der Waals surface area contributed by atoms with Crippen molar-refractivity contribution < 1.29 is 9.53 Å². The number of benzene rings is 1. The molecule has 6 heteroatoms. The van der Waals surface area contributed by atoms with Gasteiger partial charge in [-0.25, -0.2) is 0 Å². The number of piperidine rings is 1. The first-order valence-corrected chi connectivity index (χ1v) is 9.29. The molecule has 1 saturated heterocycles. The third-order valence-electron chi connectivity index (χ3n) is 5.21. The van der Waals surface area contributed by atoms with E-state index in [9.17, 15) is 4.79 Å². The number of amides is 1. The average molecular weight is 356 g/mol. The summed E-state index contributed by atoms with van der Waals surface area (Å²) in [5.41, 5.74) is 2.17. The molecule has 1 atom stereocenters. The molecular formula is C20H28N4O2. The van der Waals surface area contributed by atoms with Crippen LogP contribution in [-0.4, -0.2) is 53.8 Å². The van der Waals surface area contributed by atoms with Gasteiger partial charge in [-0.2, -0.15) is 5.10 Å². The van der Waals surface area contributed by atoms with Crippen LogP contribution in [0.3, 0.4) is 0 Å². The maximum Gasteiger partial charge on any atom is 0.269 e. The molecule has 1 aromatic carbocycles. The molecule has 0 bridgehead atoms. The molecule has 1 fully saturated rings. The monoisotopic (exact) mass is 356 g/mol. The van der Waals surface area contributed by atoms with Gasteiger partial charge in [0.1, 0.15) is 11.4 Å². The fourth-order valence-electron chi connectivity index (χ4n) is 3.28. The Balaban J connectivity index is 1.54. The number of nitrogens with one attached hydrogen (secondary N) is 2. The molecule has 3 rings (SSSR count). The Morgan fingerprint density at radius 2 is 2.04 bits per heavy atom. The smallest absolute Gasteiger partial charge is 0.269 e. The van der Waals surface area contributed by atoms with E-state index in [2.05, 4.69) is 34.3 Å². The van der Waals surface area contributed by atoms with E-state index in [1.165, 1.54) is 12.8 Å². The van der Waals surface area contributed by atoms with E-state index < -0.39 is 0 Å². The third-order valence-corrected chi connectivity index (χ3v) is 5.21. The van der Waals surface area contributed by atoms with Crippen LogP contribution in [0.5, 0.6) is 5.75 Å². The summed E-state index contributed by atoms with van der Waals surface area (Å²) in [4.78, 5) is 14.9. The highest BCUT2D eigenvalue weighted by Crippen LogP contribution is 2.21. The van der Waals surface area contributed by atoms with Gasteiger partial charge in [0.05, 0.1) is 12.8 Å². The quantitative estimate of drug-likeness (QED) is 0.835. The van der Waals surface area contributed by atoms with E-state index in [0.717, 1.165) is 36.0 Å². The van der Waals surface area contributed by atoms with Gasteiger partial charge in [-0.05, 0) is 69.1 Å². The molecule has 6 nitrogen and oxygen atoms in total. The van der Waals surface area contributed by atoms with Crippen molar-refractivity contribution in [1.82, 2.24) is 20.4 Å². The standard InChI is InChI=1S/C20H28N4O2/c1-14-8-10-24(11-9-14)15(2)13-21-20(25)19-12-18(22-23-19)16-4-6-17(26-3)7-5-16/h4-7,12,14-15H,8-11,13H2,1-3H3,(H,21,25)(H,22,23)/t15-/m0/s1. The van der Waals surface area contributed by atoms with E-state index in [0.29, 0.717) is 18.3 Å². The number of aromatic nitrogens is 2. The highest BCUT2D eigenvalue weighted by molar-refractivity contribution is 5.93. The maximum absolute atomic E-state index is 12.4. The second-order valence-electron chi connectivity index (χ2n) is 7.17. The van der Waals surface area contributed by atoms with Crippen molar-refractivity contribution in [2.75, 3.05) is 26.7 Å². The van der Waals surface area contributed by atoms with Crippen LogP contribution in [0.4, 0.5) is 0 Å². The summed E-state index contributed by atoms with van der Waals surface area (Å²) in [5, 5.41) is 10.1. The van der Waals surface area contributed by atoms with E-state index in [1.807, 2.05) is 24.3 Å². The van der Waals surface area contributed by atoms with Crippen LogP contribution in [0.1, 0.15) is 37.2 Å². The molecule has 0 unspecified atom stereocenters. The van der Waals surface area contributed by atoms with Gasteiger partial charge in [-0.3, -0.25) is 14.8 Å². The average Bonchev–Trinajstić information content (AvgIpc) is 3.17. The Morgan fingerprint density at radius 3 is 2.69 bits per heavy atom. The number of ether oxygens (including phenoxy) is 1. The lowest BCUT2D eigenvalue weighted by Gasteiger charge is -2.34. The molecule has 2 aromatic rings. The van der Waals surface area contributed by atoms with Crippen LogP contribution in [0.15, 0.2) is 30.3 Å². The summed E-state index contributed by atoms with van der Waals surface area (Å²) in [7, 11) is 1.64. The molecule has 0 radical (unpaired) electrons. The van der Waals surface area contributed by atoms with Crippen molar-refractivity contribution in [3.63, 3.8) is 0 Å². The van der Waals surface area contributed by atoms with Gasteiger partial charge in [0.15, 0.2) is 0 Å². The normalized spacial score (nSPS) is 17.0. The molecule has 0 saturated carbocycles. The number of carbonyl (C=O) groups excluding carboxylic acids is 1. The molecule has 26 heavy (non-hydrogen) atoms. The van der Waals surface area contributed by atoms with Crippen LogP contribution >= 0.6 is 0 Å². The zero-order valence-corrected chi connectivity index (χ0v) is 15.8. The fourth-order valence-corrected chi connectivity index (χ4v) is 3.28. The summed E-state index contributed by atoms with van der Waals surface area (Å²) in [6.45, 7) is 7.35. The molecule has 0 aliphatic carbocycles. The molecule has 140 valence electrons. The topological polar surface area (TPSA) is 70.2 Å². The molecule has 1 aliphatic rings. The Hall–Kier alpha value is -2.34. The number of nitrogens with zero attached hydrogens (tertiary/aromatic N) is 2. The zero-order chi connectivity index (χ0) is 18.5. The summed E-state index contributed by atoms with van der Waals surface area (Å²) in [6, 6.07) is 9.74. The highest BCUT2D eigenvalue weighted by atomic mass is 16.5. The molecule has 2 heterocycles. The number of carbonyl (C=O) groups is 1.